The largest absolute Gasteiger partial charge is 0.339 e. The molecule has 1 unspecified atom stereocenters. The molecule has 30 heavy (non-hydrogen) atoms. The molecule has 1 aliphatic heterocycles. The van der Waals surface area contributed by atoms with Gasteiger partial charge in [-0.25, -0.2) is 12.8 Å². The first-order valence-electron chi connectivity index (χ1n) is 10.1. The third-order valence-corrected chi connectivity index (χ3v) is 7.19. The van der Waals surface area contributed by atoms with E-state index in [1.54, 1.807) is 36.4 Å². The Bertz CT molecular complexity index is 1090. The van der Waals surface area contributed by atoms with E-state index in [1.165, 1.54) is 12.1 Å². The molecule has 0 radical (unpaired) electrons. The second-order valence-electron chi connectivity index (χ2n) is 7.59. The molecule has 0 aliphatic carbocycles. The summed E-state index contributed by atoms with van der Waals surface area (Å²) in [7, 11) is -3.26. The molecular formula is C22H24FN3O3S. The summed E-state index contributed by atoms with van der Waals surface area (Å²) >= 11 is 0. The van der Waals surface area contributed by atoms with Crippen LogP contribution >= 0.6 is 0 Å². The minimum Gasteiger partial charge on any atom is -0.339 e. The zero-order chi connectivity index (χ0) is 21.0. The van der Waals surface area contributed by atoms with Crippen molar-refractivity contribution in [3.8, 4) is 11.4 Å². The molecule has 8 heteroatoms. The Balaban J connectivity index is 1.34. The fourth-order valence-corrected chi connectivity index (χ4v) is 5.15. The highest BCUT2D eigenvalue weighted by Gasteiger charge is 2.26. The lowest BCUT2D eigenvalue weighted by molar-refractivity contribution is 0.187. The first-order chi connectivity index (χ1) is 14.5. The van der Waals surface area contributed by atoms with Crippen molar-refractivity contribution in [3.05, 3.63) is 66.3 Å². The van der Waals surface area contributed by atoms with Crippen molar-refractivity contribution in [2.75, 3.05) is 25.4 Å². The molecular weight excluding hydrogens is 405 g/mol. The lowest BCUT2D eigenvalue weighted by Crippen LogP contribution is -2.35. The molecule has 2 aromatic carbocycles. The summed E-state index contributed by atoms with van der Waals surface area (Å²) < 4.78 is 43.8. The monoisotopic (exact) mass is 429 g/mol. The number of hydrogen-bond acceptors (Lipinski definition) is 6. The predicted molar refractivity (Wildman–Crippen MR) is 111 cm³/mol. The van der Waals surface area contributed by atoms with Crippen molar-refractivity contribution in [2.45, 2.75) is 30.1 Å². The quantitative estimate of drug-likeness (QED) is 0.567. The molecule has 6 nitrogen and oxygen atoms in total. The standard InChI is InChI=1S/C22H24FN3O3S/c23-19-9-4-7-17(15-19)21-24-22(29-25-21)18-8-5-12-26(16-18)13-6-14-30(27,28)20-10-2-1-3-11-20/h1-4,7,9-11,15,18H,5-6,8,12-14,16H2. The summed E-state index contributed by atoms with van der Waals surface area (Å²) in [6.07, 6.45) is 2.49. The van der Waals surface area contributed by atoms with Crippen LogP contribution in [0.2, 0.25) is 0 Å². The lowest BCUT2D eigenvalue weighted by Gasteiger charge is -2.30. The van der Waals surface area contributed by atoms with Gasteiger partial charge >= 0.3 is 0 Å². The van der Waals surface area contributed by atoms with E-state index < -0.39 is 9.84 Å². The van der Waals surface area contributed by atoms with Crippen LogP contribution in [0, 0.1) is 5.82 Å². The van der Waals surface area contributed by atoms with Gasteiger partial charge in [0.05, 0.1) is 16.6 Å². The minimum atomic E-state index is -3.26. The van der Waals surface area contributed by atoms with Crippen LogP contribution < -0.4 is 0 Å². The van der Waals surface area contributed by atoms with Gasteiger partial charge in [-0.15, -0.1) is 0 Å². The topological polar surface area (TPSA) is 76.3 Å². The smallest absolute Gasteiger partial charge is 0.231 e. The van der Waals surface area contributed by atoms with E-state index in [1.807, 2.05) is 6.07 Å². The minimum absolute atomic E-state index is 0.0966. The predicted octanol–water partition coefficient (Wildman–Crippen LogP) is 3.92. The maximum Gasteiger partial charge on any atom is 0.231 e. The molecule has 3 aromatic rings. The Morgan fingerprint density at radius 3 is 2.77 bits per heavy atom. The van der Waals surface area contributed by atoms with E-state index in [-0.39, 0.29) is 17.5 Å². The molecule has 1 aliphatic rings. The molecule has 0 amide bonds. The SMILES string of the molecule is O=S(=O)(CCCN1CCCC(c2nc(-c3cccc(F)c3)no2)C1)c1ccccc1. The van der Waals surface area contributed by atoms with Crippen LogP contribution in [0.3, 0.4) is 0 Å². The van der Waals surface area contributed by atoms with Gasteiger partial charge in [-0.1, -0.05) is 35.5 Å². The van der Waals surface area contributed by atoms with Gasteiger partial charge < -0.3 is 9.42 Å². The Morgan fingerprint density at radius 1 is 1.13 bits per heavy atom. The average molecular weight is 430 g/mol. The maximum absolute atomic E-state index is 13.4. The van der Waals surface area contributed by atoms with Crippen LogP contribution in [0.1, 0.15) is 31.1 Å². The number of likely N-dealkylation sites (tertiary alicyclic amines) is 1. The molecule has 158 valence electrons. The molecule has 0 bridgehead atoms. The van der Waals surface area contributed by atoms with Crippen molar-refractivity contribution in [2.24, 2.45) is 0 Å². The number of aromatic nitrogens is 2. The van der Waals surface area contributed by atoms with Crippen LogP contribution in [0.4, 0.5) is 4.39 Å². The Kier molecular flexibility index (Phi) is 6.24. The summed E-state index contributed by atoms with van der Waals surface area (Å²) in [4.78, 5) is 7.10. The van der Waals surface area contributed by atoms with E-state index in [9.17, 15) is 12.8 Å². The lowest BCUT2D eigenvalue weighted by atomic mass is 9.98. The van der Waals surface area contributed by atoms with E-state index in [0.717, 1.165) is 25.9 Å². The van der Waals surface area contributed by atoms with Crippen LogP contribution in [-0.2, 0) is 9.84 Å². The molecule has 1 aromatic heterocycles. The Labute approximate surface area is 175 Å². The first kappa shape index (κ1) is 20.7. The van der Waals surface area contributed by atoms with Gasteiger partial charge in [0, 0.05) is 12.1 Å². The summed E-state index contributed by atoms with van der Waals surface area (Å²) in [5.74, 6) is 0.821. The zero-order valence-electron chi connectivity index (χ0n) is 16.6. The fraction of sp³-hybridized carbons (Fsp3) is 0.364. The van der Waals surface area contributed by atoms with Crippen molar-refractivity contribution in [1.82, 2.24) is 15.0 Å². The van der Waals surface area contributed by atoms with E-state index in [0.29, 0.717) is 35.1 Å². The molecule has 0 N–H and O–H groups in total. The van der Waals surface area contributed by atoms with Crippen LogP contribution in [0.5, 0.6) is 0 Å². The molecule has 2 heterocycles. The highest BCUT2D eigenvalue weighted by atomic mass is 32.2. The normalized spacial score (nSPS) is 17.8. The van der Waals surface area contributed by atoms with Crippen LogP contribution in [0.25, 0.3) is 11.4 Å². The molecule has 1 saturated heterocycles. The number of benzene rings is 2. The van der Waals surface area contributed by atoms with Gasteiger partial charge in [-0.2, -0.15) is 4.98 Å². The third kappa shape index (κ3) is 4.94. The Morgan fingerprint density at radius 2 is 1.97 bits per heavy atom. The number of sulfone groups is 1. The maximum atomic E-state index is 13.4. The fourth-order valence-electron chi connectivity index (χ4n) is 3.83. The van der Waals surface area contributed by atoms with Crippen LogP contribution in [0.15, 0.2) is 64.0 Å². The highest BCUT2D eigenvalue weighted by molar-refractivity contribution is 7.91. The van der Waals surface area contributed by atoms with Gasteiger partial charge in [-0.05, 0) is 56.6 Å². The van der Waals surface area contributed by atoms with Gasteiger partial charge in [0.15, 0.2) is 9.84 Å². The average Bonchev–Trinajstić information content (AvgIpc) is 3.25. The number of rotatable bonds is 7. The Hall–Kier alpha value is -2.58. The van der Waals surface area contributed by atoms with Crippen LogP contribution in [-0.4, -0.2) is 48.8 Å². The van der Waals surface area contributed by atoms with Gasteiger partial charge in [0.1, 0.15) is 5.82 Å². The summed E-state index contributed by atoms with van der Waals surface area (Å²) in [6.45, 7) is 2.37. The number of piperidine rings is 1. The highest BCUT2D eigenvalue weighted by Crippen LogP contribution is 2.28. The molecule has 0 saturated carbocycles. The number of hydrogen-bond donors (Lipinski definition) is 0. The molecule has 0 spiro atoms. The van der Waals surface area contributed by atoms with Crippen molar-refractivity contribution in [3.63, 3.8) is 0 Å². The zero-order valence-corrected chi connectivity index (χ0v) is 17.4. The molecule has 1 atom stereocenters. The van der Waals surface area contributed by atoms with E-state index >= 15 is 0 Å². The van der Waals surface area contributed by atoms with E-state index in [4.69, 9.17) is 4.52 Å². The second kappa shape index (κ2) is 9.06. The van der Waals surface area contributed by atoms with Gasteiger partial charge in [0.25, 0.3) is 0 Å². The first-order valence-corrected chi connectivity index (χ1v) is 11.8. The third-order valence-electron chi connectivity index (χ3n) is 5.37. The number of halogens is 1. The summed E-state index contributed by atoms with van der Waals surface area (Å²) in [5, 5.41) is 4.01. The van der Waals surface area contributed by atoms with E-state index in [2.05, 4.69) is 15.0 Å². The van der Waals surface area contributed by atoms with Crippen molar-refractivity contribution >= 4 is 9.84 Å². The van der Waals surface area contributed by atoms with Gasteiger partial charge in [-0.3, -0.25) is 0 Å². The molecule has 4 rings (SSSR count). The summed E-state index contributed by atoms with van der Waals surface area (Å²) in [5.41, 5.74) is 0.587. The molecule has 1 fully saturated rings. The second-order valence-corrected chi connectivity index (χ2v) is 9.70. The van der Waals surface area contributed by atoms with Crippen molar-refractivity contribution in [1.29, 1.82) is 0 Å². The summed E-state index contributed by atoms with van der Waals surface area (Å²) in [6, 6.07) is 14.7. The van der Waals surface area contributed by atoms with Gasteiger partial charge in [0.2, 0.25) is 11.7 Å². The number of nitrogens with zero attached hydrogens (tertiary/aromatic N) is 3. The van der Waals surface area contributed by atoms with Crippen molar-refractivity contribution < 1.29 is 17.3 Å².